The molecule has 35 heavy (non-hydrogen) atoms. The molecule has 182 valence electrons. The predicted molar refractivity (Wildman–Crippen MR) is 130 cm³/mol. The Bertz CT molecular complexity index is 1180. The van der Waals surface area contributed by atoms with Crippen molar-refractivity contribution in [2.75, 3.05) is 6.61 Å². The lowest BCUT2D eigenvalue weighted by molar-refractivity contribution is -0.157. The Morgan fingerprint density at radius 2 is 1.66 bits per heavy atom. The molecule has 0 aliphatic heterocycles. The van der Waals surface area contributed by atoms with Crippen LogP contribution in [-0.4, -0.2) is 35.3 Å². The van der Waals surface area contributed by atoms with Crippen LogP contribution < -0.4 is 5.32 Å². The van der Waals surface area contributed by atoms with Crippen molar-refractivity contribution >= 4 is 12.1 Å². The van der Waals surface area contributed by atoms with E-state index in [0.29, 0.717) is 12.0 Å². The Kier molecular flexibility index (Phi) is 7.15. The Morgan fingerprint density at radius 3 is 2.26 bits per heavy atom. The summed E-state index contributed by atoms with van der Waals surface area (Å²) in [6.07, 6.45) is 2.48. The van der Waals surface area contributed by atoms with Gasteiger partial charge in [-0.05, 0) is 67.5 Å². The van der Waals surface area contributed by atoms with Crippen LogP contribution >= 0.6 is 0 Å². The van der Waals surface area contributed by atoms with Crippen molar-refractivity contribution in [2.24, 2.45) is 0 Å². The number of aryl methyl sites for hydroxylation is 1. The third kappa shape index (κ3) is 6.04. The van der Waals surface area contributed by atoms with Crippen LogP contribution in [0.25, 0.3) is 11.1 Å². The highest BCUT2D eigenvalue weighted by molar-refractivity contribution is 5.82. The van der Waals surface area contributed by atoms with Gasteiger partial charge in [-0.25, -0.2) is 14.0 Å². The number of nitrogens with zero attached hydrogens (tertiary/aromatic N) is 1. The van der Waals surface area contributed by atoms with Crippen LogP contribution in [0.5, 0.6) is 0 Å². The third-order valence-electron chi connectivity index (χ3n) is 5.81. The summed E-state index contributed by atoms with van der Waals surface area (Å²) < 4.78 is 24.6. The molecule has 0 spiro atoms. The monoisotopic (exact) mass is 476 g/mol. The Morgan fingerprint density at radius 1 is 1.03 bits per heavy atom. The van der Waals surface area contributed by atoms with E-state index in [1.165, 1.54) is 12.3 Å². The molecule has 1 amide bonds. The fourth-order valence-corrected chi connectivity index (χ4v) is 4.31. The van der Waals surface area contributed by atoms with Gasteiger partial charge in [-0.15, -0.1) is 0 Å². The minimum atomic E-state index is -0.951. The summed E-state index contributed by atoms with van der Waals surface area (Å²) >= 11 is 0. The van der Waals surface area contributed by atoms with E-state index in [2.05, 4.69) is 22.4 Å². The summed E-state index contributed by atoms with van der Waals surface area (Å²) in [4.78, 5) is 29.4. The summed E-state index contributed by atoms with van der Waals surface area (Å²) in [5.74, 6) is -1.12. The Balaban J connectivity index is 1.43. The molecule has 0 saturated carbocycles. The van der Waals surface area contributed by atoms with Gasteiger partial charge in [-0.1, -0.05) is 48.5 Å². The number of pyridine rings is 1. The molecule has 1 aromatic heterocycles. The summed E-state index contributed by atoms with van der Waals surface area (Å²) in [6.45, 7) is 5.40. The van der Waals surface area contributed by atoms with Gasteiger partial charge in [-0.2, -0.15) is 0 Å². The minimum absolute atomic E-state index is 0.0912. The average Bonchev–Trinajstić information content (AvgIpc) is 3.13. The van der Waals surface area contributed by atoms with E-state index in [1.807, 2.05) is 36.4 Å². The lowest BCUT2D eigenvalue weighted by Gasteiger charge is -2.24. The van der Waals surface area contributed by atoms with E-state index in [-0.39, 0.29) is 18.9 Å². The van der Waals surface area contributed by atoms with E-state index in [1.54, 1.807) is 20.8 Å². The standard InChI is InChI=1S/C28H29FN2O4/c1-28(2,3)35-26(32)25(13-12-18-14-19(29)16-30-15-18)31-27(33)34-17-24-22-10-6-4-8-20(22)21-9-5-7-11-23(21)24/h4-11,14-16,24-25H,12-13,17H2,1-3H3,(H,31,33). The number of nitrogens with one attached hydrogen (secondary N) is 1. The minimum Gasteiger partial charge on any atom is -0.458 e. The number of amides is 1. The SMILES string of the molecule is CC(C)(C)OC(=O)C(CCc1cncc(F)c1)NC(=O)OCC1c2ccccc2-c2ccccc21. The zero-order valence-electron chi connectivity index (χ0n) is 20.1. The number of halogens is 1. The maximum absolute atomic E-state index is 13.5. The van der Waals surface area contributed by atoms with Crippen LogP contribution in [0.3, 0.4) is 0 Å². The molecule has 3 aromatic rings. The van der Waals surface area contributed by atoms with Crippen molar-refractivity contribution in [1.29, 1.82) is 0 Å². The first kappa shape index (κ1) is 24.4. The molecule has 6 nitrogen and oxygen atoms in total. The van der Waals surface area contributed by atoms with Crippen molar-refractivity contribution in [3.05, 3.63) is 89.5 Å². The largest absolute Gasteiger partial charge is 0.458 e. The maximum Gasteiger partial charge on any atom is 0.407 e. The second kappa shape index (κ2) is 10.3. The number of carbonyl (C=O) groups excluding carboxylic acids is 2. The molecule has 1 unspecified atom stereocenters. The second-order valence-electron chi connectivity index (χ2n) is 9.61. The lowest BCUT2D eigenvalue weighted by Crippen LogP contribution is -2.45. The Hall–Kier alpha value is -3.74. The van der Waals surface area contributed by atoms with Gasteiger partial charge >= 0.3 is 12.1 Å². The molecule has 1 N–H and O–H groups in total. The third-order valence-corrected chi connectivity index (χ3v) is 5.81. The van der Waals surface area contributed by atoms with Crippen molar-refractivity contribution in [3.63, 3.8) is 0 Å². The first-order valence-electron chi connectivity index (χ1n) is 11.6. The van der Waals surface area contributed by atoms with Gasteiger partial charge < -0.3 is 14.8 Å². The smallest absolute Gasteiger partial charge is 0.407 e. The molecule has 1 aliphatic carbocycles. The Labute approximate surface area is 204 Å². The summed E-state index contributed by atoms with van der Waals surface area (Å²) in [5, 5.41) is 2.65. The van der Waals surface area contributed by atoms with Gasteiger partial charge in [0.05, 0.1) is 6.20 Å². The number of ether oxygens (including phenoxy) is 2. The molecule has 1 heterocycles. The average molecular weight is 477 g/mol. The number of hydrogen-bond acceptors (Lipinski definition) is 5. The number of fused-ring (bicyclic) bond motifs is 3. The van der Waals surface area contributed by atoms with Crippen molar-refractivity contribution < 1.29 is 23.5 Å². The number of carbonyl (C=O) groups is 2. The highest BCUT2D eigenvalue weighted by Gasteiger charge is 2.31. The van der Waals surface area contributed by atoms with Gasteiger partial charge in [0.2, 0.25) is 0 Å². The molecule has 0 saturated heterocycles. The van der Waals surface area contributed by atoms with Gasteiger partial charge in [0.25, 0.3) is 0 Å². The van der Waals surface area contributed by atoms with E-state index in [4.69, 9.17) is 9.47 Å². The molecule has 1 aliphatic rings. The van der Waals surface area contributed by atoms with Gasteiger partial charge in [0, 0.05) is 12.1 Å². The van der Waals surface area contributed by atoms with Crippen LogP contribution in [0.4, 0.5) is 9.18 Å². The van der Waals surface area contributed by atoms with Crippen molar-refractivity contribution in [3.8, 4) is 11.1 Å². The molecular formula is C28H29FN2O4. The second-order valence-corrected chi connectivity index (χ2v) is 9.61. The highest BCUT2D eigenvalue weighted by atomic mass is 19.1. The van der Waals surface area contributed by atoms with E-state index in [0.717, 1.165) is 28.5 Å². The normalized spacial score (nSPS) is 13.5. The van der Waals surface area contributed by atoms with Gasteiger partial charge in [0.1, 0.15) is 24.1 Å². The molecule has 0 fully saturated rings. The number of benzene rings is 2. The van der Waals surface area contributed by atoms with E-state index >= 15 is 0 Å². The quantitative estimate of drug-likeness (QED) is 0.462. The molecule has 0 radical (unpaired) electrons. The molecule has 4 rings (SSSR count). The molecular weight excluding hydrogens is 447 g/mol. The predicted octanol–water partition coefficient (Wildman–Crippen LogP) is 5.40. The van der Waals surface area contributed by atoms with Crippen LogP contribution in [0, 0.1) is 5.82 Å². The first-order chi connectivity index (χ1) is 16.7. The lowest BCUT2D eigenvalue weighted by atomic mass is 9.98. The zero-order valence-corrected chi connectivity index (χ0v) is 20.1. The van der Waals surface area contributed by atoms with Crippen LogP contribution in [-0.2, 0) is 20.7 Å². The molecule has 1 atom stereocenters. The summed E-state index contributed by atoms with van der Waals surface area (Å²) in [6, 6.07) is 16.5. The summed E-state index contributed by atoms with van der Waals surface area (Å²) in [7, 11) is 0. The fraction of sp³-hybridized carbons (Fsp3) is 0.321. The number of rotatable bonds is 7. The van der Waals surface area contributed by atoms with E-state index < -0.39 is 29.5 Å². The van der Waals surface area contributed by atoms with Crippen LogP contribution in [0.1, 0.15) is 49.8 Å². The number of alkyl carbamates (subject to hydrolysis) is 1. The number of hydrogen-bond donors (Lipinski definition) is 1. The van der Waals surface area contributed by atoms with Crippen molar-refractivity contribution in [1.82, 2.24) is 10.3 Å². The van der Waals surface area contributed by atoms with Crippen LogP contribution in [0.15, 0.2) is 67.0 Å². The van der Waals surface area contributed by atoms with Crippen LogP contribution in [0.2, 0.25) is 0 Å². The van der Waals surface area contributed by atoms with Gasteiger partial charge in [0.15, 0.2) is 0 Å². The first-order valence-corrected chi connectivity index (χ1v) is 11.6. The topological polar surface area (TPSA) is 77.5 Å². The molecule has 2 aromatic carbocycles. The fourth-order valence-electron chi connectivity index (χ4n) is 4.31. The molecule has 7 heteroatoms. The number of aromatic nitrogens is 1. The maximum atomic E-state index is 13.5. The van der Waals surface area contributed by atoms with Crippen molar-refractivity contribution in [2.45, 2.75) is 51.2 Å². The summed E-state index contributed by atoms with van der Waals surface area (Å²) in [5.41, 5.74) is 4.36. The van der Waals surface area contributed by atoms with Gasteiger partial charge in [-0.3, -0.25) is 4.98 Å². The van der Waals surface area contributed by atoms with E-state index in [9.17, 15) is 14.0 Å². The highest BCUT2D eigenvalue weighted by Crippen LogP contribution is 2.44. The molecule has 0 bridgehead atoms. The zero-order chi connectivity index (χ0) is 25.0. The number of esters is 1.